The minimum atomic E-state index is -0.218. The topological polar surface area (TPSA) is 17.1 Å². The summed E-state index contributed by atoms with van der Waals surface area (Å²) < 4.78 is 0. The van der Waals surface area contributed by atoms with Crippen LogP contribution in [0.4, 0.5) is 0 Å². The van der Waals surface area contributed by atoms with Gasteiger partial charge in [0.2, 0.25) is 0 Å². The molecule has 4 saturated carbocycles. The highest BCUT2D eigenvalue weighted by Crippen LogP contribution is 2.76. The van der Waals surface area contributed by atoms with Crippen molar-refractivity contribution in [1.82, 2.24) is 0 Å². The van der Waals surface area contributed by atoms with E-state index in [2.05, 4.69) is 61.1 Å². The first-order valence-electron chi connectivity index (χ1n) is 13.2. The van der Waals surface area contributed by atoms with Gasteiger partial charge in [-0.25, -0.2) is 0 Å². The lowest BCUT2D eigenvalue weighted by Gasteiger charge is -2.71. The second-order valence-electron chi connectivity index (χ2n) is 14.1. The molecule has 0 N–H and O–H groups in total. The van der Waals surface area contributed by atoms with E-state index in [1.807, 2.05) is 6.08 Å². The van der Waals surface area contributed by atoms with Gasteiger partial charge in [0.25, 0.3) is 0 Å². The van der Waals surface area contributed by atoms with Crippen molar-refractivity contribution >= 4 is 5.78 Å². The number of carbonyl (C=O) groups is 1. The zero-order valence-corrected chi connectivity index (χ0v) is 21.3. The summed E-state index contributed by atoms with van der Waals surface area (Å²) in [5.74, 6) is 3.91. The van der Waals surface area contributed by atoms with Gasteiger partial charge in [-0.1, -0.05) is 59.8 Å². The molecule has 172 valence electrons. The molecule has 0 amide bonds. The molecule has 1 nitrogen and oxygen atoms in total. The Morgan fingerprint density at radius 1 is 0.871 bits per heavy atom. The summed E-state index contributed by atoms with van der Waals surface area (Å²) in [5, 5.41) is 0. The summed E-state index contributed by atoms with van der Waals surface area (Å²) in [7, 11) is 0. The Kier molecular flexibility index (Phi) is 4.52. The Bertz CT molecular complexity index is 848. The lowest BCUT2D eigenvalue weighted by atomic mass is 9.33. The first-order chi connectivity index (χ1) is 14.3. The van der Waals surface area contributed by atoms with Crippen molar-refractivity contribution in [2.75, 3.05) is 0 Å². The lowest BCUT2D eigenvalue weighted by molar-refractivity contribution is -0.216. The van der Waals surface area contributed by atoms with E-state index in [0.29, 0.717) is 33.9 Å². The zero-order chi connectivity index (χ0) is 22.6. The van der Waals surface area contributed by atoms with Crippen molar-refractivity contribution in [3.63, 3.8) is 0 Å². The summed E-state index contributed by atoms with van der Waals surface area (Å²) in [6.45, 7) is 21.7. The van der Waals surface area contributed by atoms with Crippen LogP contribution in [-0.4, -0.2) is 5.78 Å². The number of hydrogen-bond donors (Lipinski definition) is 0. The van der Waals surface area contributed by atoms with Crippen LogP contribution in [0.5, 0.6) is 0 Å². The molecule has 0 aliphatic heterocycles. The van der Waals surface area contributed by atoms with Crippen LogP contribution in [0.25, 0.3) is 0 Å². The molecule has 31 heavy (non-hydrogen) atoms. The van der Waals surface area contributed by atoms with Crippen molar-refractivity contribution in [2.45, 2.75) is 99.8 Å². The molecule has 0 unspecified atom stereocenters. The molecule has 0 spiro atoms. The van der Waals surface area contributed by atoms with Gasteiger partial charge in [0.15, 0.2) is 5.78 Å². The normalized spacial score (nSPS) is 55.1. The van der Waals surface area contributed by atoms with Gasteiger partial charge < -0.3 is 0 Å². The predicted octanol–water partition coefficient (Wildman–Crippen LogP) is 8.01. The number of allylic oxidation sites excluding steroid dienone is 3. The van der Waals surface area contributed by atoms with Crippen LogP contribution in [0.15, 0.2) is 24.3 Å². The van der Waals surface area contributed by atoms with Crippen LogP contribution in [-0.2, 0) is 4.79 Å². The largest absolute Gasteiger partial charge is 0.294 e. The van der Waals surface area contributed by atoms with Gasteiger partial charge in [-0.2, -0.15) is 0 Å². The highest BCUT2D eigenvalue weighted by molar-refractivity contribution is 5.95. The van der Waals surface area contributed by atoms with E-state index < -0.39 is 0 Å². The van der Waals surface area contributed by atoms with Gasteiger partial charge >= 0.3 is 0 Å². The number of hydrogen-bond acceptors (Lipinski definition) is 1. The number of fused-ring (bicyclic) bond motifs is 7. The van der Waals surface area contributed by atoms with Crippen molar-refractivity contribution in [3.05, 3.63) is 24.3 Å². The van der Waals surface area contributed by atoms with Gasteiger partial charge in [0, 0.05) is 5.41 Å². The lowest BCUT2D eigenvalue weighted by Crippen LogP contribution is -2.65. The Hall–Kier alpha value is -0.850. The van der Waals surface area contributed by atoms with Crippen molar-refractivity contribution < 1.29 is 4.79 Å². The molecule has 0 heterocycles. The number of ketones is 1. The standard InChI is InChI=1S/C30H46O/c1-19(2)20-11-14-27(5)17-18-29(7)21(25(20)27)9-10-23-28(6)15-13-24(31)26(3,4)22(28)12-16-30(23,29)8/h13,15,20-23,25H,1,9-12,14,16-18H2,2-8H3/t20-,21+,22-,23-,25+,27+,28-,29+,30+/m0/s1. The van der Waals surface area contributed by atoms with E-state index in [4.69, 9.17) is 0 Å². The van der Waals surface area contributed by atoms with Crippen LogP contribution in [0, 0.1) is 56.7 Å². The quantitative estimate of drug-likeness (QED) is 0.391. The molecule has 0 aromatic carbocycles. The maximum atomic E-state index is 12.8. The monoisotopic (exact) mass is 422 g/mol. The maximum absolute atomic E-state index is 12.8. The second kappa shape index (κ2) is 6.38. The highest BCUT2D eigenvalue weighted by atomic mass is 16.1. The zero-order valence-electron chi connectivity index (χ0n) is 21.3. The predicted molar refractivity (Wildman–Crippen MR) is 130 cm³/mol. The fourth-order valence-electron chi connectivity index (χ4n) is 10.8. The molecule has 5 aliphatic rings. The molecular formula is C30H46O. The molecule has 5 rings (SSSR count). The van der Waals surface area contributed by atoms with E-state index in [0.717, 1.165) is 17.8 Å². The molecule has 0 radical (unpaired) electrons. The first-order valence-corrected chi connectivity index (χ1v) is 13.2. The van der Waals surface area contributed by atoms with Crippen molar-refractivity contribution in [3.8, 4) is 0 Å². The van der Waals surface area contributed by atoms with E-state index in [1.165, 1.54) is 56.9 Å². The molecule has 0 aromatic heterocycles. The van der Waals surface area contributed by atoms with Crippen LogP contribution >= 0.6 is 0 Å². The number of rotatable bonds is 1. The SMILES string of the molecule is C=C(C)[C@@H]1CC[C@]2(C)CC[C@]3(C)[C@H](CC[C@H]4[C@@]5(C)C=CC(=O)C(C)(C)[C@@H]5CC[C@]43C)[C@@H]12. The van der Waals surface area contributed by atoms with E-state index >= 15 is 0 Å². The van der Waals surface area contributed by atoms with Gasteiger partial charge in [-0.05, 0) is 116 Å². The fraction of sp³-hybridized carbons (Fsp3) is 0.833. The van der Waals surface area contributed by atoms with Crippen LogP contribution in [0.3, 0.4) is 0 Å². The number of carbonyl (C=O) groups excluding carboxylic acids is 1. The first kappa shape index (κ1) is 22.0. The molecule has 1 heteroatoms. The maximum Gasteiger partial charge on any atom is 0.161 e. The third kappa shape index (κ3) is 2.53. The fourth-order valence-corrected chi connectivity index (χ4v) is 10.8. The third-order valence-corrected chi connectivity index (χ3v) is 12.8. The minimum absolute atomic E-state index is 0.155. The minimum Gasteiger partial charge on any atom is -0.294 e. The summed E-state index contributed by atoms with van der Waals surface area (Å²) in [6, 6.07) is 0. The molecule has 9 atom stereocenters. The Morgan fingerprint density at radius 3 is 2.26 bits per heavy atom. The summed E-state index contributed by atoms with van der Waals surface area (Å²) in [4.78, 5) is 12.8. The molecular weight excluding hydrogens is 376 g/mol. The average molecular weight is 423 g/mol. The smallest absolute Gasteiger partial charge is 0.161 e. The third-order valence-electron chi connectivity index (χ3n) is 12.8. The Balaban J connectivity index is 1.57. The van der Waals surface area contributed by atoms with Gasteiger partial charge in [0.1, 0.15) is 0 Å². The van der Waals surface area contributed by atoms with Gasteiger partial charge in [-0.3, -0.25) is 4.79 Å². The summed E-state index contributed by atoms with van der Waals surface area (Å²) in [5.41, 5.74) is 2.68. The average Bonchev–Trinajstić information content (AvgIpc) is 3.04. The molecule has 0 saturated heterocycles. The van der Waals surface area contributed by atoms with E-state index in [-0.39, 0.29) is 10.8 Å². The molecule has 5 aliphatic carbocycles. The van der Waals surface area contributed by atoms with Crippen LogP contribution < -0.4 is 0 Å². The van der Waals surface area contributed by atoms with E-state index in [9.17, 15) is 4.79 Å². The van der Waals surface area contributed by atoms with Gasteiger partial charge in [-0.15, -0.1) is 0 Å². The van der Waals surface area contributed by atoms with Crippen LogP contribution in [0.2, 0.25) is 0 Å². The van der Waals surface area contributed by atoms with E-state index in [1.54, 1.807) is 0 Å². The van der Waals surface area contributed by atoms with Crippen molar-refractivity contribution in [1.29, 1.82) is 0 Å². The van der Waals surface area contributed by atoms with Crippen molar-refractivity contribution in [2.24, 2.45) is 56.7 Å². The Morgan fingerprint density at radius 2 is 1.58 bits per heavy atom. The molecule has 4 fully saturated rings. The highest BCUT2D eigenvalue weighted by Gasteiger charge is 2.69. The summed E-state index contributed by atoms with van der Waals surface area (Å²) >= 11 is 0. The Labute approximate surface area is 191 Å². The van der Waals surface area contributed by atoms with Crippen LogP contribution in [0.1, 0.15) is 99.8 Å². The molecule has 0 bridgehead atoms. The van der Waals surface area contributed by atoms with Gasteiger partial charge in [0.05, 0.1) is 0 Å². The summed E-state index contributed by atoms with van der Waals surface area (Å²) in [6.07, 6.45) is 15.1. The molecule has 0 aromatic rings. The second-order valence-corrected chi connectivity index (χ2v) is 14.1.